The van der Waals surface area contributed by atoms with Crippen LogP contribution in [0.15, 0.2) is 12.1 Å². The Bertz CT molecular complexity index is 396. The van der Waals surface area contributed by atoms with E-state index in [0.29, 0.717) is 5.41 Å². The molecule has 0 unspecified atom stereocenters. The second kappa shape index (κ2) is 8.92. The molecular weight excluding hydrogens is 278 g/mol. The van der Waals surface area contributed by atoms with Crippen LogP contribution in [0.1, 0.15) is 54.7 Å². The van der Waals surface area contributed by atoms with Crippen LogP contribution in [0.5, 0.6) is 0 Å². The van der Waals surface area contributed by atoms with Gasteiger partial charge in [0.15, 0.2) is 0 Å². The van der Waals surface area contributed by atoms with Crippen LogP contribution in [-0.4, -0.2) is 26.8 Å². The maximum atomic E-state index is 5.11. The zero-order valence-electron chi connectivity index (χ0n) is 13.7. The molecule has 2 nitrogen and oxygen atoms in total. The zero-order chi connectivity index (χ0) is 15.0. The number of nitrogens with one attached hydrogen (secondary N) is 1. The highest BCUT2D eigenvalue weighted by molar-refractivity contribution is 7.11. The molecule has 0 aromatic carbocycles. The summed E-state index contributed by atoms with van der Waals surface area (Å²) in [4.78, 5) is 3.02. The molecule has 0 saturated heterocycles. The summed E-state index contributed by atoms with van der Waals surface area (Å²) in [5.74, 6) is 0. The second-order valence-corrected chi connectivity index (χ2v) is 7.94. The fourth-order valence-electron chi connectivity index (χ4n) is 3.59. The first-order valence-electron chi connectivity index (χ1n) is 8.49. The maximum Gasteiger partial charge on any atom is 0.0587 e. The van der Waals surface area contributed by atoms with Gasteiger partial charge in [-0.3, -0.25) is 0 Å². The van der Waals surface area contributed by atoms with Crippen LogP contribution < -0.4 is 5.32 Å². The van der Waals surface area contributed by atoms with Gasteiger partial charge in [0, 0.05) is 23.4 Å². The lowest BCUT2D eigenvalue weighted by atomic mass is 9.69. The van der Waals surface area contributed by atoms with E-state index in [1.165, 1.54) is 56.2 Å². The molecule has 120 valence electrons. The van der Waals surface area contributed by atoms with Crippen LogP contribution in [0, 0.1) is 12.3 Å². The summed E-state index contributed by atoms with van der Waals surface area (Å²) in [6, 6.07) is 4.59. The fraction of sp³-hybridized carbons (Fsp3) is 0.778. The average Bonchev–Trinajstić information content (AvgIpc) is 2.92. The molecule has 1 aliphatic carbocycles. The van der Waals surface area contributed by atoms with Crippen molar-refractivity contribution >= 4 is 11.3 Å². The summed E-state index contributed by atoms with van der Waals surface area (Å²) in [6.45, 7) is 5.16. The number of thiophene rings is 1. The summed E-state index contributed by atoms with van der Waals surface area (Å²) in [5, 5.41) is 3.54. The van der Waals surface area contributed by atoms with Gasteiger partial charge in [0.05, 0.1) is 6.61 Å². The van der Waals surface area contributed by atoms with Gasteiger partial charge in [0.2, 0.25) is 0 Å². The van der Waals surface area contributed by atoms with Gasteiger partial charge in [0.25, 0.3) is 0 Å². The van der Waals surface area contributed by atoms with Gasteiger partial charge < -0.3 is 10.1 Å². The molecule has 0 atom stereocenters. The Labute approximate surface area is 134 Å². The first kappa shape index (κ1) is 17.0. The van der Waals surface area contributed by atoms with Crippen molar-refractivity contribution in [2.45, 2.75) is 58.3 Å². The smallest absolute Gasteiger partial charge is 0.0587 e. The Morgan fingerprint density at radius 2 is 1.95 bits per heavy atom. The van der Waals surface area contributed by atoms with E-state index in [1.807, 2.05) is 11.3 Å². The van der Waals surface area contributed by atoms with E-state index in [4.69, 9.17) is 4.74 Å². The Morgan fingerprint density at radius 3 is 2.62 bits per heavy atom. The molecule has 3 heteroatoms. The molecule has 21 heavy (non-hydrogen) atoms. The lowest BCUT2D eigenvalue weighted by Gasteiger charge is -2.38. The van der Waals surface area contributed by atoms with E-state index >= 15 is 0 Å². The SMILES string of the molecule is COCCNCCC1(CCc2ccc(C)s2)CCCCC1. The number of hydrogen-bond acceptors (Lipinski definition) is 3. The van der Waals surface area contributed by atoms with E-state index < -0.39 is 0 Å². The van der Waals surface area contributed by atoms with Crippen molar-refractivity contribution in [3.63, 3.8) is 0 Å². The lowest BCUT2D eigenvalue weighted by molar-refractivity contribution is 0.153. The molecule has 1 N–H and O–H groups in total. The molecule has 0 aliphatic heterocycles. The molecule has 1 fully saturated rings. The van der Waals surface area contributed by atoms with Crippen molar-refractivity contribution in [1.29, 1.82) is 0 Å². The van der Waals surface area contributed by atoms with E-state index in [-0.39, 0.29) is 0 Å². The van der Waals surface area contributed by atoms with Crippen LogP contribution in [0.3, 0.4) is 0 Å². The van der Waals surface area contributed by atoms with Gasteiger partial charge in [-0.2, -0.15) is 0 Å². The minimum absolute atomic E-state index is 0.593. The van der Waals surface area contributed by atoms with E-state index in [2.05, 4.69) is 24.4 Å². The van der Waals surface area contributed by atoms with Crippen LogP contribution in [-0.2, 0) is 11.2 Å². The summed E-state index contributed by atoms with van der Waals surface area (Å²) in [5.41, 5.74) is 0.593. The Balaban J connectivity index is 1.81. The highest BCUT2D eigenvalue weighted by Crippen LogP contribution is 2.43. The summed E-state index contributed by atoms with van der Waals surface area (Å²) >= 11 is 1.98. The minimum atomic E-state index is 0.593. The monoisotopic (exact) mass is 309 g/mol. The summed E-state index contributed by atoms with van der Waals surface area (Å²) < 4.78 is 5.11. The largest absolute Gasteiger partial charge is 0.383 e. The fourth-order valence-corrected chi connectivity index (χ4v) is 4.48. The molecule has 1 aromatic heterocycles. The van der Waals surface area contributed by atoms with Crippen molar-refractivity contribution in [2.24, 2.45) is 5.41 Å². The number of methoxy groups -OCH3 is 1. The standard InChI is InChI=1S/C18H31NOS/c1-16-6-7-17(21-16)8-11-18(9-4-3-5-10-18)12-13-19-14-15-20-2/h6-7,19H,3-5,8-15H2,1-2H3. The van der Waals surface area contributed by atoms with Crippen LogP contribution in [0.25, 0.3) is 0 Å². The normalized spacial score (nSPS) is 18.0. The molecule has 1 heterocycles. The molecule has 1 saturated carbocycles. The maximum absolute atomic E-state index is 5.11. The van der Waals surface area contributed by atoms with Crippen LogP contribution in [0.4, 0.5) is 0 Å². The van der Waals surface area contributed by atoms with Crippen LogP contribution >= 0.6 is 11.3 Å². The summed E-state index contributed by atoms with van der Waals surface area (Å²) in [6.07, 6.45) is 11.2. The third-order valence-corrected chi connectivity index (χ3v) is 5.99. The van der Waals surface area contributed by atoms with Crippen molar-refractivity contribution in [2.75, 3.05) is 26.8 Å². The second-order valence-electron chi connectivity index (χ2n) is 6.57. The van der Waals surface area contributed by atoms with Gasteiger partial charge in [-0.25, -0.2) is 0 Å². The third-order valence-electron chi connectivity index (χ3n) is 4.93. The molecule has 0 bridgehead atoms. The number of aryl methyl sites for hydroxylation is 2. The molecule has 0 amide bonds. The lowest BCUT2D eigenvalue weighted by Crippen LogP contribution is -2.31. The Morgan fingerprint density at radius 1 is 1.14 bits per heavy atom. The molecular formula is C18H31NOS. The number of ether oxygens (including phenoxy) is 1. The predicted octanol–water partition coefficient (Wildman–Crippen LogP) is 4.57. The molecule has 0 radical (unpaired) electrons. The van der Waals surface area contributed by atoms with E-state index in [1.54, 1.807) is 12.0 Å². The predicted molar refractivity (Wildman–Crippen MR) is 92.3 cm³/mol. The first-order valence-corrected chi connectivity index (χ1v) is 9.31. The third kappa shape index (κ3) is 5.72. The van der Waals surface area contributed by atoms with Crippen molar-refractivity contribution < 1.29 is 4.74 Å². The average molecular weight is 310 g/mol. The van der Waals surface area contributed by atoms with E-state index in [9.17, 15) is 0 Å². The highest BCUT2D eigenvalue weighted by atomic mass is 32.1. The molecule has 1 aromatic rings. The zero-order valence-corrected chi connectivity index (χ0v) is 14.6. The van der Waals surface area contributed by atoms with Crippen LogP contribution in [0.2, 0.25) is 0 Å². The van der Waals surface area contributed by atoms with Gasteiger partial charge in [-0.1, -0.05) is 19.3 Å². The summed E-state index contributed by atoms with van der Waals surface area (Å²) in [7, 11) is 1.77. The van der Waals surface area contributed by atoms with Gasteiger partial charge in [0.1, 0.15) is 0 Å². The van der Waals surface area contributed by atoms with Gasteiger partial charge >= 0.3 is 0 Å². The topological polar surface area (TPSA) is 21.3 Å². The molecule has 1 aliphatic rings. The number of hydrogen-bond donors (Lipinski definition) is 1. The van der Waals surface area contributed by atoms with Gasteiger partial charge in [-0.05, 0) is 63.1 Å². The first-order chi connectivity index (χ1) is 10.2. The highest BCUT2D eigenvalue weighted by Gasteiger charge is 2.31. The number of rotatable bonds is 9. The van der Waals surface area contributed by atoms with Crippen molar-refractivity contribution in [3.05, 3.63) is 21.9 Å². The van der Waals surface area contributed by atoms with Gasteiger partial charge in [-0.15, -0.1) is 11.3 Å². The molecule has 2 rings (SSSR count). The quantitative estimate of drug-likeness (QED) is 0.675. The molecule has 0 spiro atoms. The van der Waals surface area contributed by atoms with Crippen molar-refractivity contribution in [3.8, 4) is 0 Å². The minimum Gasteiger partial charge on any atom is -0.383 e. The van der Waals surface area contributed by atoms with E-state index in [0.717, 1.165) is 19.7 Å². The van der Waals surface area contributed by atoms with Crippen molar-refractivity contribution in [1.82, 2.24) is 5.32 Å². The Kier molecular flexibility index (Phi) is 7.21. The Hall–Kier alpha value is -0.380.